The SMILES string of the molecule is CCCCCCCCCc1ccc(OCCOCCOCCOCCOCCOCCC(=O)Oc2c(F)c(F)c(F)c(F)c2F)cc1. The largest absolute Gasteiger partial charge is 0.491 e. The van der Waals surface area contributed by atoms with Crippen LogP contribution in [-0.2, 0) is 34.9 Å². The lowest BCUT2D eigenvalue weighted by molar-refractivity contribution is -0.136. The average Bonchev–Trinajstić information content (AvgIpc) is 3.08. The molecule has 0 bridgehead atoms. The molecule has 47 heavy (non-hydrogen) atoms. The van der Waals surface area contributed by atoms with Crippen LogP contribution in [0.3, 0.4) is 0 Å². The van der Waals surface area contributed by atoms with Gasteiger partial charge in [0.25, 0.3) is 0 Å². The number of benzene rings is 2. The number of aryl methyl sites for hydroxylation is 1. The van der Waals surface area contributed by atoms with Gasteiger partial charge in [0.1, 0.15) is 12.4 Å². The summed E-state index contributed by atoms with van der Waals surface area (Å²) in [6, 6.07) is 8.27. The van der Waals surface area contributed by atoms with E-state index in [9.17, 15) is 26.7 Å². The Morgan fingerprint density at radius 1 is 0.532 bits per heavy atom. The number of unbranched alkanes of at least 4 members (excludes halogenated alkanes) is 6. The van der Waals surface area contributed by atoms with Crippen LogP contribution in [0.4, 0.5) is 22.0 Å². The maximum Gasteiger partial charge on any atom is 0.313 e. The van der Waals surface area contributed by atoms with Gasteiger partial charge >= 0.3 is 5.97 Å². The Bertz CT molecular complexity index is 1110. The van der Waals surface area contributed by atoms with E-state index in [-0.39, 0.29) is 26.4 Å². The van der Waals surface area contributed by atoms with Gasteiger partial charge in [0.2, 0.25) is 34.8 Å². The molecule has 2 rings (SSSR count). The Kier molecular flexibility index (Phi) is 21.6. The van der Waals surface area contributed by atoms with Crippen LogP contribution in [0.15, 0.2) is 24.3 Å². The summed E-state index contributed by atoms with van der Waals surface area (Å²) < 4.78 is 103. The van der Waals surface area contributed by atoms with Crippen molar-refractivity contribution < 1.29 is 59.9 Å². The maximum atomic E-state index is 13.5. The van der Waals surface area contributed by atoms with E-state index in [1.54, 1.807) is 0 Å². The van der Waals surface area contributed by atoms with Crippen molar-refractivity contribution in [3.8, 4) is 11.5 Å². The molecular weight excluding hydrogens is 631 g/mol. The van der Waals surface area contributed by atoms with Crippen LogP contribution in [0.5, 0.6) is 11.5 Å². The average molecular weight is 679 g/mol. The van der Waals surface area contributed by atoms with E-state index in [1.165, 1.54) is 50.5 Å². The first kappa shape index (κ1) is 40.3. The van der Waals surface area contributed by atoms with Crippen molar-refractivity contribution in [1.29, 1.82) is 0 Å². The predicted octanol–water partition coefficient (Wildman–Crippen LogP) is 7.13. The number of hydrogen-bond donors (Lipinski definition) is 0. The second kappa shape index (κ2) is 25.2. The van der Waals surface area contributed by atoms with Crippen LogP contribution < -0.4 is 9.47 Å². The van der Waals surface area contributed by atoms with Crippen molar-refractivity contribution in [2.45, 2.75) is 64.7 Å². The molecule has 0 amide bonds. The van der Waals surface area contributed by atoms with Crippen molar-refractivity contribution in [2.24, 2.45) is 0 Å². The van der Waals surface area contributed by atoms with Gasteiger partial charge in [-0.25, -0.2) is 13.2 Å². The summed E-state index contributed by atoms with van der Waals surface area (Å²) >= 11 is 0. The number of esters is 1. The zero-order valence-electron chi connectivity index (χ0n) is 27.1. The molecule has 2 aromatic carbocycles. The Balaban J connectivity index is 1.33. The number of rotatable bonds is 28. The first-order valence-electron chi connectivity index (χ1n) is 16.2. The Hall–Kier alpha value is -2.84. The molecule has 0 saturated heterocycles. The Morgan fingerprint density at radius 2 is 0.957 bits per heavy atom. The predicted molar refractivity (Wildman–Crippen MR) is 164 cm³/mol. The van der Waals surface area contributed by atoms with Crippen molar-refractivity contribution in [3.05, 3.63) is 58.9 Å². The van der Waals surface area contributed by atoms with E-state index in [4.69, 9.17) is 28.4 Å². The van der Waals surface area contributed by atoms with Gasteiger partial charge in [0, 0.05) is 0 Å². The number of carbonyl (C=O) groups excluding carboxylic acids is 1. The van der Waals surface area contributed by atoms with E-state index in [2.05, 4.69) is 23.8 Å². The smallest absolute Gasteiger partial charge is 0.313 e. The minimum atomic E-state index is -2.34. The minimum Gasteiger partial charge on any atom is -0.491 e. The first-order valence-corrected chi connectivity index (χ1v) is 16.2. The van der Waals surface area contributed by atoms with E-state index in [0.717, 1.165) is 12.2 Å². The lowest BCUT2D eigenvalue weighted by Crippen LogP contribution is -2.16. The standard InChI is InChI=1S/C34H47F5O8/c1-2-3-4-5-6-7-8-9-26-10-12-27(13-11-26)46-25-24-45-23-22-44-21-20-43-19-18-42-17-16-41-15-14-28(40)47-34-32(38)30(36)29(35)31(37)33(34)39/h10-13H,2-9,14-25H2,1H3. The van der Waals surface area contributed by atoms with Gasteiger partial charge in [-0.05, 0) is 30.5 Å². The molecule has 0 unspecified atom stereocenters. The summed E-state index contributed by atoms with van der Waals surface area (Å²) in [6.07, 6.45) is 9.79. The van der Waals surface area contributed by atoms with Gasteiger partial charge in [-0.15, -0.1) is 0 Å². The number of hydrogen-bond acceptors (Lipinski definition) is 8. The Labute approximate surface area is 273 Å². The van der Waals surface area contributed by atoms with Crippen LogP contribution in [0.2, 0.25) is 0 Å². The van der Waals surface area contributed by atoms with Crippen LogP contribution in [0.1, 0.15) is 63.9 Å². The summed E-state index contributed by atoms with van der Waals surface area (Å²) in [5, 5.41) is 0. The zero-order chi connectivity index (χ0) is 34.1. The third-order valence-electron chi connectivity index (χ3n) is 6.81. The second-order valence-corrected chi connectivity index (χ2v) is 10.5. The van der Waals surface area contributed by atoms with Gasteiger partial charge in [-0.3, -0.25) is 4.79 Å². The van der Waals surface area contributed by atoms with Crippen LogP contribution in [0, 0.1) is 29.1 Å². The van der Waals surface area contributed by atoms with Crippen molar-refractivity contribution in [1.82, 2.24) is 0 Å². The lowest BCUT2D eigenvalue weighted by Gasteiger charge is -2.10. The highest BCUT2D eigenvalue weighted by Crippen LogP contribution is 2.29. The molecule has 0 atom stereocenters. The van der Waals surface area contributed by atoms with Gasteiger partial charge in [0.15, 0.2) is 0 Å². The fourth-order valence-corrected chi connectivity index (χ4v) is 4.23. The maximum absolute atomic E-state index is 13.5. The molecule has 0 aliphatic rings. The van der Waals surface area contributed by atoms with E-state index < -0.39 is 47.2 Å². The van der Waals surface area contributed by atoms with E-state index in [1.807, 2.05) is 12.1 Å². The molecule has 0 spiro atoms. The molecular formula is C34H47F5O8. The highest BCUT2D eigenvalue weighted by molar-refractivity contribution is 5.72. The summed E-state index contributed by atoms with van der Waals surface area (Å²) in [7, 11) is 0. The molecule has 13 heteroatoms. The lowest BCUT2D eigenvalue weighted by atomic mass is 10.0. The summed E-state index contributed by atoms with van der Waals surface area (Å²) in [5.41, 5.74) is 1.34. The van der Waals surface area contributed by atoms with Gasteiger partial charge < -0.3 is 33.2 Å². The zero-order valence-corrected chi connectivity index (χ0v) is 27.1. The van der Waals surface area contributed by atoms with Crippen molar-refractivity contribution in [3.63, 3.8) is 0 Å². The molecule has 0 aromatic heterocycles. The van der Waals surface area contributed by atoms with E-state index >= 15 is 0 Å². The number of ether oxygens (including phenoxy) is 7. The van der Waals surface area contributed by atoms with Crippen molar-refractivity contribution >= 4 is 5.97 Å². The molecule has 0 saturated carbocycles. The Morgan fingerprint density at radius 3 is 1.47 bits per heavy atom. The molecule has 0 heterocycles. The van der Waals surface area contributed by atoms with Gasteiger partial charge in [0.05, 0.1) is 72.5 Å². The molecule has 0 aliphatic carbocycles. The molecule has 0 aliphatic heterocycles. The summed E-state index contributed by atoms with van der Waals surface area (Å²) in [4.78, 5) is 11.7. The molecule has 0 radical (unpaired) electrons. The number of halogens is 5. The van der Waals surface area contributed by atoms with Crippen LogP contribution in [-0.4, -0.2) is 78.6 Å². The molecule has 0 N–H and O–H groups in total. The summed E-state index contributed by atoms with van der Waals surface area (Å²) in [5.74, 6) is -13.3. The highest BCUT2D eigenvalue weighted by atomic mass is 19.2. The summed E-state index contributed by atoms with van der Waals surface area (Å²) in [6.45, 7) is 5.48. The normalized spacial score (nSPS) is 11.3. The third kappa shape index (κ3) is 17.2. The second-order valence-electron chi connectivity index (χ2n) is 10.5. The van der Waals surface area contributed by atoms with Gasteiger partial charge in [-0.1, -0.05) is 57.6 Å². The fraction of sp³-hybridized carbons (Fsp3) is 0.618. The minimum absolute atomic E-state index is 0.0929. The van der Waals surface area contributed by atoms with Crippen molar-refractivity contribution in [2.75, 3.05) is 72.7 Å². The molecule has 0 fully saturated rings. The van der Waals surface area contributed by atoms with Gasteiger partial charge in [-0.2, -0.15) is 8.78 Å². The fourth-order valence-electron chi connectivity index (χ4n) is 4.23. The first-order chi connectivity index (χ1) is 22.8. The molecule has 8 nitrogen and oxygen atoms in total. The molecule has 266 valence electrons. The van der Waals surface area contributed by atoms with Crippen LogP contribution in [0.25, 0.3) is 0 Å². The van der Waals surface area contributed by atoms with Crippen LogP contribution >= 0.6 is 0 Å². The third-order valence-corrected chi connectivity index (χ3v) is 6.81. The topological polar surface area (TPSA) is 81.7 Å². The highest BCUT2D eigenvalue weighted by Gasteiger charge is 2.28. The monoisotopic (exact) mass is 678 g/mol. The quantitative estimate of drug-likeness (QED) is 0.0235. The molecule has 2 aromatic rings. The van der Waals surface area contributed by atoms with E-state index in [0.29, 0.717) is 46.2 Å². The number of carbonyl (C=O) groups is 1.